The Labute approximate surface area is 27.0 Å². The summed E-state index contributed by atoms with van der Waals surface area (Å²) in [6.45, 7) is 1.82. The minimum Gasteiger partial charge on any atom is -0.191 e. The van der Waals surface area contributed by atoms with E-state index in [4.69, 9.17) is 11.0 Å². The highest BCUT2D eigenvalue weighted by Crippen LogP contribution is 1.98. The van der Waals surface area contributed by atoms with Gasteiger partial charge in [-0.1, -0.05) is 0 Å². The zero-order valence-electron chi connectivity index (χ0n) is 2.65. The van der Waals surface area contributed by atoms with E-state index < -0.39 is 8.22 Å². The molecule has 0 radical (unpaired) electrons. The van der Waals surface area contributed by atoms with Gasteiger partial charge in [-0.15, -0.1) is 0 Å². The third-order valence-electron chi connectivity index (χ3n) is 0. The summed E-state index contributed by atoms with van der Waals surface area (Å²) in [6.07, 6.45) is 0. The first-order chi connectivity index (χ1) is 1.73. The van der Waals surface area contributed by atoms with Gasteiger partial charge in [-0.25, -0.2) is 0 Å². The minimum absolute atomic E-state index is 0.880. The lowest BCUT2D eigenvalue weighted by atomic mass is 12.0. The van der Waals surface area contributed by atoms with Crippen molar-refractivity contribution in [1.82, 2.24) is 0 Å². The second-order valence-electron chi connectivity index (χ2n) is 0.744. The lowest BCUT2D eigenvalue weighted by Gasteiger charge is -1.73. The molecule has 0 spiro atoms. The molecule has 0 aromatic carbocycles. The van der Waals surface area contributed by atoms with E-state index in [1.54, 1.807) is 0 Å². The molecule has 0 heterocycles. The molecule has 4 heavy (non-hydrogen) atoms. The molecular weight excluding hydrogens is 71.0 g/mol. The highest BCUT2D eigenvalue weighted by atomic mass is 31.1. The first-order valence-corrected chi connectivity index (χ1v) is 3.23. The van der Waals surface area contributed by atoms with Gasteiger partial charge < -0.3 is 0 Å². The summed E-state index contributed by atoms with van der Waals surface area (Å²) in [5.74, 6) is 0. The Bertz CT molecular complexity index is 10.8. The second-order valence-corrected chi connectivity index (χ2v) is 2.23. The molecule has 0 fully saturated rings. The van der Waals surface area contributed by atoms with Crippen molar-refractivity contribution < 1.29 is 0 Å². The Hall–Kier alpha value is 0.350. The molecule has 0 aliphatic rings. The fourth-order valence-electron chi connectivity index (χ4n) is 0. The Kier molecular flexibility index (Phi) is 1.79. The van der Waals surface area contributed by atoms with Gasteiger partial charge in [0.1, 0.15) is 8.22 Å². The zero-order chi connectivity index (χ0) is 3.58. The molecule has 4 N–H and O–H groups in total. The van der Waals surface area contributed by atoms with Gasteiger partial charge in [0.25, 0.3) is 0 Å². The molecule has 26 valence electrons. The molecule has 0 amide bonds. The number of hydrogen-bond acceptors (Lipinski definition) is 2. The average Bonchev–Trinajstić information content (AvgIpc) is 0.811. The molecule has 0 aromatic heterocycles. The van der Waals surface area contributed by atoms with E-state index in [0.29, 0.717) is 0 Å². The van der Waals surface area contributed by atoms with E-state index in [1.807, 2.05) is 6.66 Å². The molecule has 0 aliphatic carbocycles. The summed E-state index contributed by atoms with van der Waals surface area (Å²) < 4.78 is 0. The van der Waals surface area contributed by atoms with Crippen molar-refractivity contribution in [3.63, 3.8) is 0 Å². The first kappa shape index (κ1) is 4.35. The van der Waals surface area contributed by atoms with Crippen LogP contribution in [-0.4, -0.2) is 6.66 Å². The molecule has 0 bridgehead atoms. The van der Waals surface area contributed by atoms with Crippen LogP contribution in [-0.2, 0) is 0 Å². The van der Waals surface area contributed by atoms with Crippen LogP contribution in [0.5, 0.6) is 0 Å². The molecule has 0 atom stereocenters. The van der Waals surface area contributed by atoms with Crippen molar-refractivity contribution in [2.24, 2.45) is 11.0 Å². The van der Waals surface area contributed by atoms with Crippen molar-refractivity contribution in [2.45, 2.75) is 0 Å². The highest BCUT2D eigenvalue weighted by Gasteiger charge is 1.75. The standard InChI is InChI=1S/CH7N2P/c1-4(2)3/h4H,1H3,(H3,2,3)/p+1. The normalized spacial score (nSPS) is 9.00. The summed E-state index contributed by atoms with van der Waals surface area (Å²) >= 11 is 0. The minimum atomic E-state index is -0.880. The topological polar surface area (TPSA) is 52.0 Å². The van der Waals surface area contributed by atoms with Crippen LogP contribution in [0.15, 0.2) is 0 Å². The van der Waals surface area contributed by atoms with Crippen LogP contribution in [0.1, 0.15) is 0 Å². The van der Waals surface area contributed by atoms with Crippen molar-refractivity contribution in [3.8, 4) is 0 Å². The predicted octanol–water partition coefficient (Wildman–Crippen LogP) is -0.422. The maximum Gasteiger partial charge on any atom is 0.125 e. The Morgan fingerprint density at radius 3 is 1.50 bits per heavy atom. The molecule has 3 heteroatoms. The van der Waals surface area contributed by atoms with E-state index in [9.17, 15) is 0 Å². The smallest absolute Gasteiger partial charge is 0.125 e. The second kappa shape index (κ2) is 1.65. The summed E-state index contributed by atoms with van der Waals surface area (Å²) in [5.41, 5.74) is 9.98. The molecule has 0 aromatic rings. The van der Waals surface area contributed by atoms with Crippen molar-refractivity contribution in [3.05, 3.63) is 0 Å². The van der Waals surface area contributed by atoms with Crippen LogP contribution in [0.3, 0.4) is 0 Å². The summed E-state index contributed by atoms with van der Waals surface area (Å²) in [5, 5.41) is 0. The quantitative estimate of drug-likeness (QED) is 0.387. The van der Waals surface area contributed by atoms with Crippen LogP contribution in [0.25, 0.3) is 0 Å². The number of rotatable bonds is 0. The monoisotopic (exact) mass is 79.0 g/mol. The summed E-state index contributed by atoms with van der Waals surface area (Å²) in [7, 11) is -0.880. The van der Waals surface area contributed by atoms with Crippen LogP contribution >= 0.6 is 8.22 Å². The third kappa shape index (κ3) is 35.0. The van der Waals surface area contributed by atoms with E-state index >= 15 is 0 Å². The van der Waals surface area contributed by atoms with E-state index in [2.05, 4.69) is 0 Å². The van der Waals surface area contributed by atoms with Crippen LogP contribution in [0.2, 0.25) is 0 Å². The third-order valence-corrected chi connectivity index (χ3v) is 0. The first-order valence-electron chi connectivity index (χ1n) is 1.08. The van der Waals surface area contributed by atoms with Gasteiger partial charge in [-0.05, 0) is 0 Å². The zero-order valence-corrected chi connectivity index (χ0v) is 3.65. The van der Waals surface area contributed by atoms with Crippen LogP contribution in [0.4, 0.5) is 0 Å². The van der Waals surface area contributed by atoms with Gasteiger partial charge in [0, 0.05) is 0 Å². The van der Waals surface area contributed by atoms with Gasteiger partial charge in [0.15, 0.2) is 0 Å². The van der Waals surface area contributed by atoms with E-state index in [0.717, 1.165) is 0 Å². The number of hydrogen-bond donors (Lipinski definition) is 2. The van der Waals surface area contributed by atoms with E-state index in [1.165, 1.54) is 0 Å². The molecule has 0 aliphatic heterocycles. The van der Waals surface area contributed by atoms with Crippen LogP contribution in [0, 0.1) is 0 Å². The highest BCUT2D eigenvalue weighted by molar-refractivity contribution is 7.51. The lowest BCUT2D eigenvalue weighted by Crippen LogP contribution is -1.92. The SMILES string of the molecule is C[PH+](N)N. The van der Waals surface area contributed by atoms with E-state index in [-0.39, 0.29) is 0 Å². The molecule has 2 nitrogen and oxygen atoms in total. The molecule has 0 unspecified atom stereocenters. The van der Waals surface area contributed by atoms with Crippen LogP contribution < -0.4 is 11.0 Å². The predicted molar refractivity (Wildman–Crippen MR) is 22.6 cm³/mol. The largest absolute Gasteiger partial charge is 0.191 e. The molecule has 0 saturated carbocycles. The lowest BCUT2D eigenvalue weighted by molar-refractivity contribution is 1.78. The fourth-order valence-corrected chi connectivity index (χ4v) is 0. The molecular formula is CH8N2P+. The summed E-state index contributed by atoms with van der Waals surface area (Å²) in [4.78, 5) is 0. The Balaban J connectivity index is 2.32. The van der Waals surface area contributed by atoms with Gasteiger partial charge in [0.2, 0.25) is 0 Å². The van der Waals surface area contributed by atoms with Gasteiger partial charge in [-0.2, -0.15) is 11.0 Å². The Morgan fingerprint density at radius 1 is 1.50 bits per heavy atom. The fraction of sp³-hybridized carbons (Fsp3) is 1.00. The summed E-state index contributed by atoms with van der Waals surface area (Å²) in [6, 6.07) is 0. The van der Waals surface area contributed by atoms with Crippen molar-refractivity contribution in [2.75, 3.05) is 6.66 Å². The molecule has 0 saturated heterocycles. The van der Waals surface area contributed by atoms with Gasteiger partial charge in [0.05, 0.1) is 6.66 Å². The molecule has 0 rings (SSSR count). The maximum absolute atomic E-state index is 4.99. The number of nitrogens with two attached hydrogens (primary N) is 2. The van der Waals surface area contributed by atoms with Crippen molar-refractivity contribution in [1.29, 1.82) is 0 Å². The average molecular weight is 79.1 g/mol. The maximum atomic E-state index is 4.99. The Morgan fingerprint density at radius 2 is 1.50 bits per heavy atom. The van der Waals surface area contributed by atoms with Crippen molar-refractivity contribution >= 4 is 8.22 Å². The van der Waals surface area contributed by atoms with Gasteiger partial charge >= 0.3 is 0 Å². The van der Waals surface area contributed by atoms with Gasteiger partial charge in [-0.3, -0.25) is 0 Å².